The molecule has 0 aliphatic heterocycles. The molecule has 6 rings (SSSR count). The summed E-state index contributed by atoms with van der Waals surface area (Å²) in [6.45, 7) is 1.05. The van der Waals surface area contributed by atoms with Crippen LogP contribution in [0.25, 0.3) is 10.9 Å². The number of rotatable bonds is 15. The number of phenols is 1. The first kappa shape index (κ1) is 42.6. The van der Waals surface area contributed by atoms with Crippen LogP contribution in [0.5, 0.6) is 11.5 Å². The van der Waals surface area contributed by atoms with Gasteiger partial charge < -0.3 is 44.7 Å². The lowest BCUT2D eigenvalue weighted by Gasteiger charge is -2.35. The van der Waals surface area contributed by atoms with E-state index in [-0.39, 0.29) is 52.9 Å². The fraction of sp³-hybridized carbons (Fsp3) is 0.359. The van der Waals surface area contributed by atoms with Crippen molar-refractivity contribution < 1.29 is 43.8 Å². The van der Waals surface area contributed by atoms with Gasteiger partial charge in [0.05, 0.1) is 39.2 Å². The third-order valence-electron chi connectivity index (χ3n) is 9.75. The lowest BCUT2D eigenvalue weighted by atomic mass is 9.91. The second kappa shape index (κ2) is 19.1. The minimum Gasteiger partial charge on any atom is -0.506 e. The van der Waals surface area contributed by atoms with Crippen LogP contribution >= 0.6 is 34.3 Å². The van der Waals surface area contributed by atoms with Crippen molar-refractivity contribution in [3.63, 3.8) is 0 Å². The van der Waals surface area contributed by atoms with Gasteiger partial charge in [0.25, 0.3) is 0 Å². The van der Waals surface area contributed by atoms with Crippen LogP contribution in [0.2, 0.25) is 5.02 Å². The van der Waals surface area contributed by atoms with E-state index in [0.29, 0.717) is 62.6 Å². The highest BCUT2D eigenvalue weighted by Crippen LogP contribution is 2.38. The van der Waals surface area contributed by atoms with Crippen molar-refractivity contribution in [2.24, 2.45) is 0 Å². The molecular formula is C39H44ClFN4O9S2. The number of aliphatic hydroxyl groups is 2. The number of halogens is 2. The number of ether oxygens (including phenoxy) is 3. The van der Waals surface area contributed by atoms with Gasteiger partial charge in [0.15, 0.2) is 0 Å². The van der Waals surface area contributed by atoms with Gasteiger partial charge in [-0.05, 0) is 85.5 Å². The van der Waals surface area contributed by atoms with Gasteiger partial charge in [-0.25, -0.2) is 9.59 Å². The Kier molecular flexibility index (Phi) is 14.5. The van der Waals surface area contributed by atoms with E-state index in [4.69, 9.17) is 25.8 Å². The van der Waals surface area contributed by atoms with E-state index in [1.54, 1.807) is 48.5 Å². The Labute approximate surface area is 335 Å². The van der Waals surface area contributed by atoms with Crippen LogP contribution in [-0.4, -0.2) is 83.3 Å². The molecule has 3 heterocycles. The zero-order valence-corrected chi connectivity index (χ0v) is 33.0. The molecule has 0 radical (unpaired) electrons. The molecule has 300 valence electrons. The molecule has 13 nitrogen and oxygen atoms in total. The third kappa shape index (κ3) is 9.87. The molecule has 0 bridgehead atoms. The third-order valence-corrected chi connectivity index (χ3v) is 12.0. The minimum absolute atomic E-state index is 0. The Bertz CT molecular complexity index is 2110. The summed E-state index contributed by atoms with van der Waals surface area (Å²) >= 11 is 9.15. The predicted octanol–water partition coefficient (Wildman–Crippen LogP) is 6.27. The molecule has 1 aliphatic carbocycles. The molecular weight excluding hydrogens is 787 g/mol. The number of carbonyl (C=O) groups excluding carboxylic acids is 2. The maximum atomic E-state index is 13.3. The number of nitrogens with zero attached hydrogens (tertiary/aromatic N) is 1. The first-order valence-electron chi connectivity index (χ1n) is 17.7. The number of esters is 1. The highest BCUT2D eigenvalue weighted by Gasteiger charge is 2.45. The first-order chi connectivity index (χ1) is 26.5. The van der Waals surface area contributed by atoms with Crippen molar-refractivity contribution in [3.05, 3.63) is 108 Å². The van der Waals surface area contributed by atoms with Crippen LogP contribution < -0.4 is 20.9 Å². The quantitative estimate of drug-likeness (QED) is 0.0655. The van der Waals surface area contributed by atoms with E-state index in [1.165, 1.54) is 41.9 Å². The van der Waals surface area contributed by atoms with Crippen molar-refractivity contribution in [2.75, 3.05) is 39.2 Å². The maximum Gasteiger partial charge on any atom is 0.411 e. The molecule has 1 fully saturated rings. The van der Waals surface area contributed by atoms with Gasteiger partial charge in [-0.2, -0.15) is 0 Å². The van der Waals surface area contributed by atoms with Crippen LogP contribution in [0.4, 0.5) is 15.2 Å². The van der Waals surface area contributed by atoms with E-state index in [9.17, 15) is 29.7 Å². The Hall–Kier alpha value is -4.55. The van der Waals surface area contributed by atoms with Gasteiger partial charge in [-0.3, -0.25) is 14.8 Å². The molecule has 17 heteroatoms. The highest BCUT2D eigenvalue weighted by atomic mass is 35.5. The number of H-pyrrole nitrogens is 1. The van der Waals surface area contributed by atoms with Crippen LogP contribution in [0, 0.1) is 0 Å². The number of fused-ring (bicyclic) bond motifs is 1. The summed E-state index contributed by atoms with van der Waals surface area (Å²) in [5.41, 5.74) is -0.400. The number of nitrogens with one attached hydrogen (secondary N) is 3. The topological polar surface area (TPSA) is 183 Å². The summed E-state index contributed by atoms with van der Waals surface area (Å²) in [5.74, 6) is -0.339. The number of aromatic amines is 1. The number of hydrogen-bond acceptors (Lipinski definition) is 13. The van der Waals surface area contributed by atoms with E-state index in [0.717, 1.165) is 12.8 Å². The molecule has 1 amide bonds. The average Bonchev–Trinajstić information content (AvgIpc) is 3.92. The number of phenolic OH excluding ortho intramolecular Hbond substituents is 1. The Balaban J connectivity index is 0.00000600. The fourth-order valence-corrected chi connectivity index (χ4v) is 8.63. The smallest absolute Gasteiger partial charge is 0.411 e. The van der Waals surface area contributed by atoms with Crippen molar-refractivity contribution in [1.82, 2.24) is 15.2 Å². The van der Waals surface area contributed by atoms with E-state index < -0.39 is 23.8 Å². The molecule has 0 spiro atoms. The van der Waals surface area contributed by atoms with Crippen molar-refractivity contribution >= 4 is 62.9 Å². The molecule has 1 aliphatic rings. The number of amides is 1. The van der Waals surface area contributed by atoms with E-state index in [2.05, 4.69) is 20.5 Å². The lowest BCUT2D eigenvalue weighted by Crippen LogP contribution is -2.42. The number of pyridine rings is 1. The number of hydrogen-bond donors (Lipinski definition) is 6. The normalized spacial score (nSPS) is 16.2. The number of aromatic nitrogens is 1. The van der Waals surface area contributed by atoms with Gasteiger partial charge in [0.2, 0.25) is 11.2 Å². The van der Waals surface area contributed by atoms with Crippen LogP contribution in [0.15, 0.2) is 76.2 Å². The van der Waals surface area contributed by atoms with Gasteiger partial charge >= 0.3 is 12.1 Å². The Morgan fingerprint density at radius 2 is 1.75 bits per heavy atom. The van der Waals surface area contributed by atoms with Crippen LogP contribution in [0.3, 0.4) is 0 Å². The summed E-state index contributed by atoms with van der Waals surface area (Å²) in [5, 5.41) is 43.0. The molecule has 0 unspecified atom stereocenters. The zero-order chi connectivity index (χ0) is 39.1. The summed E-state index contributed by atoms with van der Waals surface area (Å²) < 4.78 is 16.9. The number of likely N-dealkylation sites (N-methyl/N-ethyl adjacent to an activating group) is 1. The second-order valence-corrected chi connectivity index (χ2v) is 15.7. The van der Waals surface area contributed by atoms with Crippen LogP contribution in [-0.2, 0) is 26.4 Å². The monoisotopic (exact) mass is 830 g/mol. The minimum atomic E-state index is -1.83. The number of aromatic hydroxyl groups is 1. The summed E-state index contributed by atoms with van der Waals surface area (Å²) in [6.07, 6.45) is 0.928. The number of thiophene rings is 2. The van der Waals surface area contributed by atoms with Crippen molar-refractivity contribution in [1.29, 1.82) is 0 Å². The SMILES string of the molecule is COc1cc(NC(=O)OCCN(C)C2CCC(OC(=O)C(O)(c3cccs3)c3cccs3)CC2)c(Cl)cc1CNC[C@@H](O)c1cc(O)c2[nH]c(=O)ccc2c1.F. The van der Waals surface area contributed by atoms with E-state index in [1.807, 2.05) is 17.8 Å². The standard InChI is InChI=1S/C39H43ClN4O9S2.FH/c1-44(26-8-10-27(11-9-26)53-37(48)39(50,33-5-3-15-54-33)34-6-4-16-55-34)13-14-52-38(49)42-29-20-32(51-2)25(18-28(29)40)21-41-22-31(46)24-17-23-7-12-35(47)43-36(23)30(45)19-24;/h3-7,12,15-20,26-27,31,41,45-46,50H,8-11,13-14,21-22H2,1-2H3,(H,42,49)(H,43,47);1H/t26?,27?,31-;/m1./s1. The van der Waals surface area contributed by atoms with E-state index >= 15 is 0 Å². The highest BCUT2D eigenvalue weighted by molar-refractivity contribution is 7.12. The number of carbonyl (C=O) groups is 2. The number of benzene rings is 2. The molecule has 6 N–H and O–H groups in total. The molecule has 2 aromatic carbocycles. The second-order valence-electron chi connectivity index (χ2n) is 13.4. The molecule has 0 saturated heterocycles. The van der Waals surface area contributed by atoms with Gasteiger partial charge in [0.1, 0.15) is 24.2 Å². The average molecular weight is 831 g/mol. The van der Waals surface area contributed by atoms with Gasteiger partial charge in [-0.1, -0.05) is 23.7 Å². The summed E-state index contributed by atoms with van der Waals surface area (Å²) in [6, 6.07) is 16.6. The zero-order valence-electron chi connectivity index (χ0n) is 30.7. The van der Waals surface area contributed by atoms with Crippen LogP contribution in [0.1, 0.15) is 52.7 Å². The largest absolute Gasteiger partial charge is 0.506 e. The lowest BCUT2D eigenvalue weighted by molar-refractivity contribution is -0.169. The maximum absolute atomic E-state index is 13.3. The van der Waals surface area contributed by atoms with Crippen molar-refractivity contribution in [2.45, 2.75) is 56.1 Å². The fourth-order valence-electron chi connectivity index (χ4n) is 6.68. The molecule has 3 aromatic heterocycles. The molecule has 1 atom stereocenters. The summed E-state index contributed by atoms with van der Waals surface area (Å²) in [4.78, 5) is 43.4. The molecule has 1 saturated carbocycles. The molecule has 5 aromatic rings. The number of anilines is 1. The summed E-state index contributed by atoms with van der Waals surface area (Å²) in [7, 11) is 3.46. The Morgan fingerprint density at radius 1 is 1.05 bits per heavy atom. The van der Waals surface area contributed by atoms with Crippen molar-refractivity contribution in [3.8, 4) is 11.5 Å². The predicted molar refractivity (Wildman–Crippen MR) is 215 cm³/mol. The Morgan fingerprint density at radius 3 is 2.39 bits per heavy atom. The number of methoxy groups -OCH3 is 1. The van der Waals surface area contributed by atoms with Gasteiger partial charge in [-0.15, -0.1) is 22.7 Å². The number of aliphatic hydroxyl groups excluding tert-OH is 1. The van der Waals surface area contributed by atoms with Gasteiger partial charge in [0, 0.05) is 48.8 Å². The molecule has 56 heavy (non-hydrogen) atoms. The first-order valence-corrected chi connectivity index (χ1v) is 19.9.